The maximum absolute atomic E-state index is 4.43. The molecule has 2 aromatic heterocycles. The molecule has 2 heterocycles. The summed E-state index contributed by atoms with van der Waals surface area (Å²) in [4.78, 5) is 8.57. The van der Waals surface area contributed by atoms with Crippen molar-refractivity contribution in [2.45, 2.75) is 33.4 Å². The summed E-state index contributed by atoms with van der Waals surface area (Å²) in [6.45, 7) is 5.90. The molecule has 0 spiro atoms. The van der Waals surface area contributed by atoms with E-state index in [0.717, 1.165) is 25.2 Å². The zero-order valence-electron chi connectivity index (χ0n) is 11.0. The predicted octanol–water partition coefficient (Wildman–Crippen LogP) is 2.64. The summed E-state index contributed by atoms with van der Waals surface area (Å²) < 4.78 is 0. The Hall–Kier alpha value is -1.74. The van der Waals surface area contributed by atoms with E-state index < -0.39 is 0 Å². The van der Waals surface area contributed by atoms with E-state index in [1.807, 2.05) is 30.7 Å². The third-order valence-corrected chi connectivity index (χ3v) is 3.12. The van der Waals surface area contributed by atoms with Crippen molar-refractivity contribution in [2.24, 2.45) is 0 Å². The lowest BCUT2D eigenvalue weighted by Crippen LogP contribution is -2.15. The molecule has 18 heavy (non-hydrogen) atoms. The van der Waals surface area contributed by atoms with E-state index in [1.165, 1.54) is 16.7 Å². The lowest BCUT2D eigenvalue weighted by molar-refractivity contribution is 0.669. The van der Waals surface area contributed by atoms with Gasteiger partial charge >= 0.3 is 0 Å². The van der Waals surface area contributed by atoms with Gasteiger partial charge in [-0.25, -0.2) is 0 Å². The van der Waals surface area contributed by atoms with Gasteiger partial charge in [-0.1, -0.05) is 13.0 Å². The monoisotopic (exact) mass is 241 g/mol. The summed E-state index contributed by atoms with van der Waals surface area (Å²) in [6, 6.07) is 6.17. The standard InChI is InChI=1S/C15H19N3/c1-3-13-5-4-7-18-15(13)11-17-10-14-9-16-8-6-12(14)2/h4-9,17H,3,10-11H2,1-2H3. The highest BCUT2D eigenvalue weighted by Crippen LogP contribution is 2.07. The van der Waals surface area contributed by atoms with Crippen LogP contribution in [0.3, 0.4) is 0 Å². The molecule has 3 heteroatoms. The average molecular weight is 241 g/mol. The SMILES string of the molecule is CCc1cccnc1CNCc1cnccc1C. The Morgan fingerprint density at radius 1 is 1.11 bits per heavy atom. The maximum atomic E-state index is 4.43. The van der Waals surface area contributed by atoms with Crippen LogP contribution in [0.1, 0.15) is 29.3 Å². The second-order valence-corrected chi connectivity index (χ2v) is 4.37. The van der Waals surface area contributed by atoms with Crippen LogP contribution in [0.2, 0.25) is 0 Å². The summed E-state index contributed by atoms with van der Waals surface area (Å²) in [6.07, 6.45) is 6.62. The van der Waals surface area contributed by atoms with Gasteiger partial charge in [-0.15, -0.1) is 0 Å². The van der Waals surface area contributed by atoms with Crippen LogP contribution in [-0.4, -0.2) is 9.97 Å². The molecule has 0 aromatic carbocycles. The first-order valence-electron chi connectivity index (χ1n) is 6.34. The van der Waals surface area contributed by atoms with Gasteiger partial charge in [0.1, 0.15) is 0 Å². The van der Waals surface area contributed by atoms with E-state index in [1.54, 1.807) is 0 Å². The Bertz CT molecular complexity index is 509. The van der Waals surface area contributed by atoms with Gasteiger partial charge in [0.05, 0.1) is 5.69 Å². The summed E-state index contributed by atoms with van der Waals surface area (Å²) in [7, 11) is 0. The predicted molar refractivity (Wildman–Crippen MR) is 73.1 cm³/mol. The molecule has 2 rings (SSSR count). The Balaban J connectivity index is 1.95. The van der Waals surface area contributed by atoms with Gasteiger partial charge in [-0.05, 0) is 42.2 Å². The molecule has 0 atom stereocenters. The van der Waals surface area contributed by atoms with Crippen LogP contribution in [0.4, 0.5) is 0 Å². The summed E-state index contributed by atoms with van der Waals surface area (Å²) >= 11 is 0. The number of nitrogens with zero attached hydrogens (tertiary/aromatic N) is 2. The van der Waals surface area contributed by atoms with E-state index >= 15 is 0 Å². The number of rotatable bonds is 5. The van der Waals surface area contributed by atoms with Crippen LogP contribution in [0, 0.1) is 6.92 Å². The van der Waals surface area contributed by atoms with Crippen molar-refractivity contribution in [1.29, 1.82) is 0 Å². The Kier molecular flexibility index (Phi) is 4.42. The molecule has 0 unspecified atom stereocenters. The van der Waals surface area contributed by atoms with Gasteiger partial charge in [0.15, 0.2) is 0 Å². The minimum atomic E-state index is 0.804. The molecule has 2 aromatic rings. The van der Waals surface area contributed by atoms with Crippen LogP contribution in [-0.2, 0) is 19.5 Å². The molecule has 0 aliphatic rings. The highest BCUT2D eigenvalue weighted by atomic mass is 14.9. The Morgan fingerprint density at radius 2 is 2.00 bits per heavy atom. The molecule has 1 N–H and O–H groups in total. The minimum Gasteiger partial charge on any atom is -0.307 e. The van der Waals surface area contributed by atoms with E-state index in [0.29, 0.717) is 0 Å². The Morgan fingerprint density at radius 3 is 2.78 bits per heavy atom. The van der Waals surface area contributed by atoms with Gasteiger partial charge in [0.2, 0.25) is 0 Å². The van der Waals surface area contributed by atoms with Gasteiger partial charge in [-0.3, -0.25) is 9.97 Å². The van der Waals surface area contributed by atoms with Crippen molar-refractivity contribution in [3.8, 4) is 0 Å². The lowest BCUT2D eigenvalue weighted by atomic mass is 10.1. The van der Waals surface area contributed by atoms with E-state index in [9.17, 15) is 0 Å². The molecule has 0 bridgehead atoms. The van der Waals surface area contributed by atoms with E-state index in [-0.39, 0.29) is 0 Å². The van der Waals surface area contributed by atoms with Crippen molar-refractivity contribution < 1.29 is 0 Å². The van der Waals surface area contributed by atoms with Crippen LogP contribution < -0.4 is 5.32 Å². The van der Waals surface area contributed by atoms with Gasteiger partial charge in [0.25, 0.3) is 0 Å². The van der Waals surface area contributed by atoms with E-state index in [2.05, 4.69) is 35.2 Å². The van der Waals surface area contributed by atoms with Gasteiger partial charge in [0, 0.05) is 31.7 Å². The maximum Gasteiger partial charge on any atom is 0.0573 e. The molecule has 0 aliphatic heterocycles. The molecule has 0 saturated heterocycles. The van der Waals surface area contributed by atoms with Crippen molar-refractivity contribution >= 4 is 0 Å². The Labute approximate surface area is 108 Å². The van der Waals surface area contributed by atoms with Crippen molar-refractivity contribution in [3.63, 3.8) is 0 Å². The molecular formula is C15H19N3. The van der Waals surface area contributed by atoms with E-state index in [4.69, 9.17) is 0 Å². The van der Waals surface area contributed by atoms with Crippen LogP contribution in [0.15, 0.2) is 36.8 Å². The fourth-order valence-electron chi connectivity index (χ4n) is 1.95. The zero-order valence-corrected chi connectivity index (χ0v) is 11.0. The topological polar surface area (TPSA) is 37.8 Å². The second-order valence-electron chi connectivity index (χ2n) is 4.37. The number of hydrogen-bond donors (Lipinski definition) is 1. The highest BCUT2D eigenvalue weighted by molar-refractivity contribution is 5.22. The molecule has 0 amide bonds. The van der Waals surface area contributed by atoms with Crippen molar-refractivity contribution in [2.75, 3.05) is 0 Å². The number of pyridine rings is 2. The van der Waals surface area contributed by atoms with Crippen molar-refractivity contribution in [3.05, 3.63) is 59.2 Å². The van der Waals surface area contributed by atoms with Crippen LogP contribution in [0.5, 0.6) is 0 Å². The normalized spacial score (nSPS) is 10.6. The number of hydrogen-bond acceptors (Lipinski definition) is 3. The first kappa shape index (κ1) is 12.7. The fourth-order valence-corrected chi connectivity index (χ4v) is 1.95. The summed E-state index contributed by atoms with van der Waals surface area (Å²) in [5.74, 6) is 0. The van der Waals surface area contributed by atoms with Crippen molar-refractivity contribution in [1.82, 2.24) is 15.3 Å². The number of aryl methyl sites for hydroxylation is 2. The first-order chi connectivity index (χ1) is 8.81. The third kappa shape index (κ3) is 3.14. The summed E-state index contributed by atoms with van der Waals surface area (Å²) in [5.41, 5.74) is 4.97. The minimum absolute atomic E-state index is 0.804. The molecule has 94 valence electrons. The first-order valence-corrected chi connectivity index (χ1v) is 6.34. The number of aromatic nitrogens is 2. The fraction of sp³-hybridized carbons (Fsp3) is 0.333. The van der Waals surface area contributed by atoms with Crippen LogP contribution in [0.25, 0.3) is 0 Å². The zero-order chi connectivity index (χ0) is 12.8. The molecule has 0 fully saturated rings. The second kappa shape index (κ2) is 6.26. The summed E-state index contributed by atoms with van der Waals surface area (Å²) in [5, 5.41) is 3.43. The smallest absolute Gasteiger partial charge is 0.0573 e. The van der Waals surface area contributed by atoms with Crippen LogP contribution >= 0.6 is 0 Å². The quantitative estimate of drug-likeness (QED) is 0.874. The van der Waals surface area contributed by atoms with Gasteiger partial charge in [-0.2, -0.15) is 0 Å². The third-order valence-electron chi connectivity index (χ3n) is 3.12. The van der Waals surface area contributed by atoms with Gasteiger partial charge < -0.3 is 5.32 Å². The largest absolute Gasteiger partial charge is 0.307 e. The number of nitrogens with one attached hydrogen (secondary N) is 1. The molecular weight excluding hydrogens is 222 g/mol. The highest BCUT2D eigenvalue weighted by Gasteiger charge is 2.02. The molecule has 0 aliphatic carbocycles. The molecule has 0 saturated carbocycles. The molecule has 3 nitrogen and oxygen atoms in total. The average Bonchev–Trinajstić information content (AvgIpc) is 2.41. The lowest BCUT2D eigenvalue weighted by Gasteiger charge is -2.09. The molecule has 0 radical (unpaired) electrons.